The van der Waals surface area contributed by atoms with E-state index in [0.29, 0.717) is 6.54 Å². The van der Waals surface area contributed by atoms with Crippen molar-refractivity contribution < 1.29 is 9.90 Å². The maximum Gasteiger partial charge on any atom is 0.310 e. The van der Waals surface area contributed by atoms with Crippen LogP contribution in [0.2, 0.25) is 0 Å². The number of halogens is 2. The quantitative estimate of drug-likeness (QED) is 0.552. The minimum atomic E-state index is -0.805. The highest BCUT2D eigenvalue weighted by Gasteiger charge is 2.23. The molecule has 5 heteroatoms. The van der Waals surface area contributed by atoms with E-state index < -0.39 is 11.9 Å². The van der Waals surface area contributed by atoms with Gasteiger partial charge in [0, 0.05) is 32.1 Å². The summed E-state index contributed by atoms with van der Waals surface area (Å²) in [5.41, 5.74) is 4.12. The lowest BCUT2D eigenvalue weighted by molar-refractivity contribution is -0.138. The zero-order valence-corrected chi connectivity index (χ0v) is 16.6. The summed E-state index contributed by atoms with van der Waals surface area (Å²) in [5.74, 6) is -1.35. The van der Waals surface area contributed by atoms with Crippen LogP contribution < -0.4 is 0 Å². The molecule has 0 unspecified atom stereocenters. The summed E-state index contributed by atoms with van der Waals surface area (Å²) in [6.07, 6.45) is 0. The summed E-state index contributed by atoms with van der Waals surface area (Å²) >= 11 is 6.95. The number of aliphatic carboxylic acids is 1. The number of fused-ring (bicyclic) bond motifs is 1. The average molecular weight is 451 g/mol. The molecular formula is C19H17Br2NO2. The van der Waals surface area contributed by atoms with E-state index in [1.807, 2.05) is 37.3 Å². The summed E-state index contributed by atoms with van der Waals surface area (Å²) in [6, 6.07) is 14.2. The van der Waals surface area contributed by atoms with E-state index in [1.165, 1.54) is 5.56 Å². The Balaban J connectivity index is 2.18. The van der Waals surface area contributed by atoms with Gasteiger partial charge in [-0.05, 0) is 55.3 Å². The van der Waals surface area contributed by atoms with E-state index in [2.05, 4.69) is 48.6 Å². The number of carbonyl (C=O) groups is 1. The highest BCUT2D eigenvalue weighted by Crippen LogP contribution is 2.34. The molecule has 3 nitrogen and oxygen atoms in total. The predicted octanol–water partition coefficient (Wildman–Crippen LogP) is 5.71. The third kappa shape index (κ3) is 3.15. The van der Waals surface area contributed by atoms with Gasteiger partial charge in [-0.3, -0.25) is 4.79 Å². The van der Waals surface area contributed by atoms with E-state index in [-0.39, 0.29) is 0 Å². The lowest BCUT2D eigenvalue weighted by atomic mass is 9.98. The number of hydrogen-bond acceptors (Lipinski definition) is 1. The molecular weight excluding hydrogens is 434 g/mol. The standard InChI is InChI=1S/C19H17Br2NO2/c1-11(19(23)24)18-12(2)22(10-13-3-5-14(20)6-4-13)17-8-7-15(21)9-16(17)18/h3-9,11H,10H2,1-2H3,(H,23,24)/t11-/m1/s1. The van der Waals surface area contributed by atoms with Gasteiger partial charge in [0.1, 0.15) is 0 Å². The molecule has 124 valence electrons. The van der Waals surface area contributed by atoms with E-state index in [9.17, 15) is 9.90 Å². The normalized spacial score (nSPS) is 12.5. The number of carboxylic acids is 1. The Kier molecular flexibility index (Phi) is 4.83. The van der Waals surface area contributed by atoms with Gasteiger partial charge in [-0.2, -0.15) is 0 Å². The van der Waals surface area contributed by atoms with Gasteiger partial charge in [-0.1, -0.05) is 44.0 Å². The van der Waals surface area contributed by atoms with Crippen LogP contribution in [0.4, 0.5) is 0 Å². The largest absolute Gasteiger partial charge is 0.481 e. The summed E-state index contributed by atoms with van der Waals surface area (Å²) in [5, 5.41) is 10.5. The van der Waals surface area contributed by atoms with Crippen molar-refractivity contribution in [3.63, 3.8) is 0 Å². The fourth-order valence-corrected chi connectivity index (χ4v) is 3.75. The van der Waals surface area contributed by atoms with Crippen LogP contribution in [-0.4, -0.2) is 15.6 Å². The minimum absolute atomic E-state index is 0.548. The van der Waals surface area contributed by atoms with Gasteiger partial charge in [0.25, 0.3) is 0 Å². The summed E-state index contributed by atoms with van der Waals surface area (Å²) in [6.45, 7) is 4.46. The highest BCUT2D eigenvalue weighted by atomic mass is 79.9. The molecule has 0 spiro atoms. The van der Waals surface area contributed by atoms with Crippen molar-refractivity contribution in [2.45, 2.75) is 26.3 Å². The van der Waals surface area contributed by atoms with Crippen molar-refractivity contribution >= 4 is 48.7 Å². The molecule has 0 radical (unpaired) electrons. The van der Waals surface area contributed by atoms with Gasteiger partial charge in [-0.15, -0.1) is 0 Å². The first-order valence-corrected chi connectivity index (χ1v) is 9.22. The topological polar surface area (TPSA) is 42.2 Å². The van der Waals surface area contributed by atoms with Crippen LogP contribution in [0.3, 0.4) is 0 Å². The van der Waals surface area contributed by atoms with Gasteiger partial charge in [-0.25, -0.2) is 0 Å². The van der Waals surface area contributed by atoms with E-state index in [0.717, 1.165) is 31.1 Å². The van der Waals surface area contributed by atoms with Gasteiger partial charge >= 0.3 is 5.97 Å². The lowest BCUT2D eigenvalue weighted by Crippen LogP contribution is -2.09. The molecule has 1 atom stereocenters. The van der Waals surface area contributed by atoms with Gasteiger partial charge < -0.3 is 9.67 Å². The van der Waals surface area contributed by atoms with Crippen LogP contribution in [0.15, 0.2) is 51.4 Å². The van der Waals surface area contributed by atoms with Crippen LogP contribution in [-0.2, 0) is 11.3 Å². The van der Waals surface area contributed by atoms with E-state index in [4.69, 9.17) is 0 Å². The molecule has 1 N–H and O–H groups in total. The number of aromatic nitrogens is 1. The number of carboxylic acid groups (broad SMARTS) is 1. The molecule has 0 saturated heterocycles. The Labute approximate surface area is 157 Å². The Morgan fingerprint density at radius 3 is 2.38 bits per heavy atom. The van der Waals surface area contributed by atoms with Gasteiger partial charge in [0.15, 0.2) is 0 Å². The molecule has 0 aliphatic carbocycles. The number of benzene rings is 2. The molecule has 0 aliphatic heterocycles. The average Bonchev–Trinajstić information content (AvgIpc) is 2.80. The van der Waals surface area contributed by atoms with Crippen molar-refractivity contribution in [1.29, 1.82) is 0 Å². The van der Waals surface area contributed by atoms with Crippen molar-refractivity contribution in [2.24, 2.45) is 0 Å². The maximum absolute atomic E-state index is 11.6. The van der Waals surface area contributed by atoms with Crippen LogP contribution in [0, 0.1) is 6.92 Å². The number of hydrogen-bond donors (Lipinski definition) is 1. The molecule has 0 fully saturated rings. The first-order chi connectivity index (χ1) is 11.4. The smallest absolute Gasteiger partial charge is 0.310 e. The van der Waals surface area contributed by atoms with Crippen LogP contribution >= 0.6 is 31.9 Å². The third-order valence-corrected chi connectivity index (χ3v) is 5.41. The highest BCUT2D eigenvalue weighted by molar-refractivity contribution is 9.10. The molecule has 24 heavy (non-hydrogen) atoms. The fraction of sp³-hybridized carbons (Fsp3) is 0.211. The Morgan fingerprint density at radius 2 is 1.75 bits per heavy atom. The van der Waals surface area contributed by atoms with Gasteiger partial charge in [0.05, 0.1) is 5.92 Å². The predicted molar refractivity (Wildman–Crippen MR) is 104 cm³/mol. The minimum Gasteiger partial charge on any atom is -0.481 e. The molecule has 0 bridgehead atoms. The number of nitrogens with zero attached hydrogens (tertiary/aromatic N) is 1. The molecule has 0 aliphatic rings. The number of rotatable bonds is 4. The van der Waals surface area contributed by atoms with E-state index in [1.54, 1.807) is 6.92 Å². The second-order valence-corrected chi connectivity index (χ2v) is 7.76. The third-order valence-electron chi connectivity index (χ3n) is 4.39. The Morgan fingerprint density at radius 1 is 1.12 bits per heavy atom. The van der Waals surface area contributed by atoms with Crippen molar-refractivity contribution in [3.05, 3.63) is 68.2 Å². The summed E-state index contributed by atoms with van der Waals surface area (Å²) < 4.78 is 4.19. The maximum atomic E-state index is 11.6. The second kappa shape index (κ2) is 6.73. The fourth-order valence-electron chi connectivity index (χ4n) is 3.13. The zero-order chi connectivity index (χ0) is 17.4. The first-order valence-electron chi connectivity index (χ1n) is 7.64. The van der Waals surface area contributed by atoms with Crippen molar-refractivity contribution in [1.82, 2.24) is 4.57 Å². The lowest BCUT2D eigenvalue weighted by Gasteiger charge is -2.11. The second-order valence-electron chi connectivity index (χ2n) is 5.93. The first kappa shape index (κ1) is 17.2. The summed E-state index contributed by atoms with van der Waals surface area (Å²) in [4.78, 5) is 11.6. The summed E-state index contributed by atoms with van der Waals surface area (Å²) in [7, 11) is 0. The Bertz CT molecular complexity index is 913. The van der Waals surface area contributed by atoms with Crippen LogP contribution in [0.5, 0.6) is 0 Å². The zero-order valence-electron chi connectivity index (χ0n) is 13.4. The molecule has 3 rings (SSSR count). The molecule has 3 aromatic rings. The molecule has 2 aromatic carbocycles. The van der Waals surface area contributed by atoms with Crippen molar-refractivity contribution in [3.8, 4) is 0 Å². The van der Waals surface area contributed by atoms with E-state index >= 15 is 0 Å². The molecule has 0 amide bonds. The van der Waals surface area contributed by atoms with Crippen LogP contribution in [0.25, 0.3) is 10.9 Å². The molecule has 1 aromatic heterocycles. The Hall–Kier alpha value is -1.59. The SMILES string of the molecule is Cc1c([C@@H](C)C(=O)O)c2cc(Br)ccc2n1Cc1ccc(Br)cc1. The molecule has 0 saturated carbocycles. The monoisotopic (exact) mass is 449 g/mol. The van der Waals surface area contributed by atoms with Gasteiger partial charge in [0.2, 0.25) is 0 Å². The molecule has 1 heterocycles. The van der Waals surface area contributed by atoms with Crippen LogP contribution in [0.1, 0.15) is 29.7 Å². The van der Waals surface area contributed by atoms with Crippen molar-refractivity contribution in [2.75, 3.05) is 0 Å².